The Morgan fingerprint density at radius 1 is 0.929 bits per heavy atom. The van der Waals surface area contributed by atoms with Gasteiger partial charge in [-0.2, -0.15) is 0 Å². The number of hydrogen-bond donors (Lipinski definition) is 2. The molecule has 2 N–H and O–H groups in total. The Bertz CT molecular complexity index is 702. The van der Waals surface area contributed by atoms with Gasteiger partial charge in [0, 0.05) is 39.3 Å². The largest absolute Gasteiger partial charge is 0.473 e. The lowest BCUT2D eigenvalue weighted by Gasteiger charge is -2.37. The number of benzene rings is 1. The molecule has 152 valence electrons. The molecule has 0 aromatic heterocycles. The molecule has 0 amide bonds. The predicted octanol–water partition coefficient (Wildman–Crippen LogP) is 2.31. The first-order valence-corrected chi connectivity index (χ1v) is 9.74. The molecule has 0 radical (unpaired) electrons. The van der Waals surface area contributed by atoms with E-state index in [2.05, 4.69) is 22.0 Å². The van der Waals surface area contributed by atoms with E-state index in [0.29, 0.717) is 0 Å². The Kier molecular flexibility index (Phi) is 6.80. The van der Waals surface area contributed by atoms with Gasteiger partial charge in [0.1, 0.15) is 5.82 Å². The quantitative estimate of drug-likeness (QED) is 0.607. The van der Waals surface area contributed by atoms with E-state index in [1.54, 1.807) is 12.1 Å². The standard InChI is InChI=1S/C19H25FN2.C2H2O4/c20-19-5-2-15(3-6-19)13-21-7-9-22(10-8-21)14-18-12-16-1-4-17(18)11-16;3-1(4)2(5)6/h1-6,16-18H,7-14H2;(H,3,4)(H,5,6). The zero-order valence-corrected chi connectivity index (χ0v) is 15.8. The second-order valence-corrected chi connectivity index (χ2v) is 7.85. The van der Waals surface area contributed by atoms with Crippen LogP contribution in [0.15, 0.2) is 36.4 Å². The van der Waals surface area contributed by atoms with Crippen LogP contribution in [0.1, 0.15) is 18.4 Å². The minimum Gasteiger partial charge on any atom is -0.473 e. The highest BCUT2D eigenvalue weighted by molar-refractivity contribution is 6.27. The van der Waals surface area contributed by atoms with Gasteiger partial charge in [-0.05, 0) is 48.3 Å². The van der Waals surface area contributed by atoms with E-state index in [1.807, 2.05) is 12.1 Å². The van der Waals surface area contributed by atoms with E-state index in [4.69, 9.17) is 19.8 Å². The van der Waals surface area contributed by atoms with Gasteiger partial charge in [0.15, 0.2) is 0 Å². The fraction of sp³-hybridized carbons (Fsp3) is 0.524. The fourth-order valence-corrected chi connectivity index (χ4v) is 4.41. The Labute approximate surface area is 164 Å². The van der Waals surface area contributed by atoms with E-state index < -0.39 is 11.9 Å². The zero-order valence-electron chi connectivity index (χ0n) is 15.8. The van der Waals surface area contributed by atoms with Crippen molar-refractivity contribution in [1.82, 2.24) is 9.80 Å². The van der Waals surface area contributed by atoms with Crippen molar-refractivity contribution in [2.45, 2.75) is 19.4 Å². The summed E-state index contributed by atoms with van der Waals surface area (Å²) in [6.07, 6.45) is 7.72. The number of aliphatic carboxylic acids is 2. The second-order valence-electron chi connectivity index (χ2n) is 7.85. The van der Waals surface area contributed by atoms with E-state index in [-0.39, 0.29) is 5.82 Å². The Morgan fingerprint density at radius 2 is 1.54 bits per heavy atom. The van der Waals surface area contributed by atoms with E-state index in [9.17, 15) is 4.39 Å². The summed E-state index contributed by atoms with van der Waals surface area (Å²) in [5, 5.41) is 14.8. The van der Waals surface area contributed by atoms with Gasteiger partial charge >= 0.3 is 11.9 Å². The van der Waals surface area contributed by atoms with Gasteiger partial charge in [0.25, 0.3) is 0 Å². The highest BCUT2D eigenvalue weighted by atomic mass is 19.1. The van der Waals surface area contributed by atoms with Gasteiger partial charge < -0.3 is 15.1 Å². The number of fused-ring (bicyclic) bond motifs is 2. The van der Waals surface area contributed by atoms with Gasteiger partial charge in [0.2, 0.25) is 0 Å². The number of nitrogens with zero attached hydrogens (tertiary/aromatic N) is 2. The van der Waals surface area contributed by atoms with Crippen molar-refractivity contribution in [3.8, 4) is 0 Å². The molecule has 1 aliphatic heterocycles. The highest BCUT2D eigenvalue weighted by Crippen LogP contribution is 2.43. The average Bonchev–Trinajstić information content (AvgIpc) is 3.29. The molecule has 1 aromatic rings. The van der Waals surface area contributed by atoms with Crippen molar-refractivity contribution in [3.05, 3.63) is 47.8 Å². The lowest BCUT2D eigenvalue weighted by Crippen LogP contribution is -2.47. The normalized spacial score (nSPS) is 26.7. The summed E-state index contributed by atoms with van der Waals surface area (Å²) in [7, 11) is 0. The summed E-state index contributed by atoms with van der Waals surface area (Å²) < 4.78 is 12.9. The van der Waals surface area contributed by atoms with Crippen LogP contribution in [0.5, 0.6) is 0 Å². The van der Waals surface area contributed by atoms with Crippen LogP contribution >= 0.6 is 0 Å². The molecule has 2 bridgehead atoms. The fourth-order valence-electron chi connectivity index (χ4n) is 4.41. The molecule has 2 aliphatic carbocycles. The molecule has 4 rings (SSSR count). The van der Waals surface area contributed by atoms with Gasteiger partial charge in [-0.3, -0.25) is 4.90 Å². The molecule has 6 nitrogen and oxygen atoms in total. The molecule has 3 aliphatic rings. The third-order valence-electron chi connectivity index (χ3n) is 5.88. The molecule has 0 spiro atoms. The number of rotatable bonds is 4. The van der Waals surface area contributed by atoms with Crippen molar-refractivity contribution in [1.29, 1.82) is 0 Å². The molecule has 1 saturated carbocycles. The molecule has 3 unspecified atom stereocenters. The van der Waals surface area contributed by atoms with Crippen molar-refractivity contribution in [3.63, 3.8) is 0 Å². The molecular weight excluding hydrogens is 363 g/mol. The topological polar surface area (TPSA) is 81.1 Å². The first-order valence-electron chi connectivity index (χ1n) is 9.74. The highest BCUT2D eigenvalue weighted by Gasteiger charge is 2.36. The van der Waals surface area contributed by atoms with Crippen LogP contribution in [0.25, 0.3) is 0 Å². The van der Waals surface area contributed by atoms with Crippen LogP contribution in [0.4, 0.5) is 4.39 Å². The summed E-state index contributed by atoms with van der Waals surface area (Å²) in [6, 6.07) is 6.94. The number of carboxylic acid groups (broad SMARTS) is 2. The number of hydrogen-bond acceptors (Lipinski definition) is 4. The van der Waals surface area contributed by atoms with E-state index in [0.717, 1.165) is 37.4 Å². The SMILES string of the molecule is Fc1ccc(CN2CCN(CC3CC4C=CC3C4)CC2)cc1.O=C(O)C(=O)O. The third kappa shape index (κ3) is 5.62. The second kappa shape index (κ2) is 9.30. The zero-order chi connectivity index (χ0) is 20.1. The van der Waals surface area contributed by atoms with E-state index >= 15 is 0 Å². The first kappa shape index (κ1) is 20.5. The van der Waals surface area contributed by atoms with Crippen LogP contribution in [0.3, 0.4) is 0 Å². The maximum atomic E-state index is 12.9. The minimum atomic E-state index is -1.82. The summed E-state index contributed by atoms with van der Waals surface area (Å²) in [4.78, 5) is 23.3. The Morgan fingerprint density at radius 3 is 2.04 bits per heavy atom. The van der Waals surface area contributed by atoms with E-state index in [1.165, 1.54) is 38.0 Å². The van der Waals surface area contributed by atoms with Crippen molar-refractivity contribution in [2.24, 2.45) is 17.8 Å². The molecule has 2 fully saturated rings. The lowest BCUT2D eigenvalue weighted by molar-refractivity contribution is -0.159. The lowest BCUT2D eigenvalue weighted by atomic mass is 9.93. The maximum Gasteiger partial charge on any atom is 0.414 e. The smallest absolute Gasteiger partial charge is 0.414 e. The Balaban J connectivity index is 0.000000330. The molecule has 3 atom stereocenters. The molecule has 1 aromatic carbocycles. The molecular formula is C21H27FN2O4. The average molecular weight is 390 g/mol. The number of halogens is 1. The van der Waals surface area contributed by atoms with Gasteiger partial charge in [-0.1, -0.05) is 24.3 Å². The van der Waals surface area contributed by atoms with Crippen LogP contribution in [-0.2, 0) is 16.1 Å². The maximum absolute atomic E-state index is 12.9. The van der Waals surface area contributed by atoms with Gasteiger partial charge in [-0.25, -0.2) is 14.0 Å². The molecule has 7 heteroatoms. The van der Waals surface area contributed by atoms with Crippen LogP contribution in [-0.4, -0.2) is 64.7 Å². The third-order valence-corrected chi connectivity index (χ3v) is 5.88. The molecule has 28 heavy (non-hydrogen) atoms. The number of allylic oxidation sites excluding steroid dienone is 2. The first-order chi connectivity index (χ1) is 13.4. The van der Waals surface area contributed by atoms with Crippen LogP contribution in [0.2, 0.25) is 0 Å². The van der Waals surface area contributed by atoms with Gasteiger partial charge in [0.05, 0.1) is 0 Å². The van der Waals surface area contributed by atoms with Crippen LogP contribution < -0.4 is 0 Å². The summed E-state index contributed by atoms with van der Waals surface area (Å²) in [6.45, 7) is 6.86. The predicted molar refractivity (Wildman–Crippen MR) is 102 cm³/mol. The number of carbonyl (C=O) groups is 2. The number of piperazine rings is 1. The summed E-state index contributed by atoms with van der Waals surface area (Å²) in [5.74, 6) is -1.14. The van der Waals surface area contributed by atoms with Crippen molar-refractivity contribution < 1.29 is 24.2 Å². The summed E-state index contributed by atoms with van der Waals surface area (Å²) >= 11 is 0. The molecule has 1 saturated heterocycles. The molecule has 1 heterocycles. The van der Waals surface area contributed by atoms with Crippen molar-refractivity contribution >= 4 is 11.9 Å². The van der Waals surface area contributed by atoms with Crippen molar-refractivity contribution in [2.75, 3.05) is 32.7 Å². The monoisotopic (exact) mass is 390 g/mol. The summed E-state index contributed by atoms with van der Waals surface area (Å²) in [5.41, 5.74) is 1.22. The van der Waals surface area contributed by atoms with Gasteiger partial charge in [-0.15, -0.1) is 0 Å². The number of carboxylic acids is 2. The minimum absolute atomic E-state index is 0.145. The Hall–Kier alpha value is -2.25. The van der Waals surface area contributed by atoms with Crippen LogP contribution in [0, 0.1) is 23.6 Å².